The van der Waals surface area contributed by atoms with Gasteiger partial charge >= 0.3 is 0 Å². The van der Waals surface area contributed by atoms with Crippen LogP contribution in [0.2, 0.25) is 0 Å². The molecule has 1 N–H and O–H groups in total. The minimum absolute atomic E-state index is 0.685. The van der Waals surface area contributed by atoms with Gasteiger partial charge in [-0.3, -0.25) is 4.90 Å². The van der Waals surface area contributed by atoms with E-state index in [1.807, 2.05) is 0 Å². The van der Waals surface area contributed by atoms with Gasteiger partial charge in [0.2, 0.25) is 0 Å². The Morgan fingerprint density at radius 2 is 1.88 bits per heavy atom. The topological polar surface area (TPSA) is 22.3 Å². The standard InChI is InChI=1S/C22H35N3/c1-5-24(6-2)13-14-25(16-17(3)4)18-11-12-22-20(15-18)19-9-7-8-10-21(19)23-22/h7-10,17-18,23H,5-6,11-16H2,1-4H3. The predicted molar refractivity (Wildman–Crippen MR) is 108 cm³/mol. The number of nitrogens with zero attached hydrogens (tertiary/aromatic N) is 2. The number of benzene rings is 1. The number of aromatic nitrogens is 1. The highest BCUT2D eigenvalue weighted by Gasteiger charge is 2.27. The number of aromatic amines is 1. The molecule has 1 aromatic carbocycles. The van der Waals surface area contributed by atoms with E-state index in [1.165, 1.54) is 55.5 Å². The Hall–Kier alpha value is -1.32. The molecule has 1 heterocycles. The van der Waals surface area contributed by atoms with Gasteiger partial charge in [0.05, 0.1) is 0 Å². The van der Waals surface area contributed by atoms with Gasteiger partial charge in [-0.25, -0.2) is 0 Å². The summed E-state index contributed by atoms with van der Waals surface area (Å²) in [7, 11) is 0. The molecule has 3 rings (SSSR count). The molecule has 1 aromatic heterocycles. The first-order valence-electron chi connectivity index (χ1n) is 10.2. The Kier molecular flexibility index (Phi) is 6.19. The minimum Gasteiger partial charge on any atom is -0.358 e. The molecule has 0 saturated carbocycles. The number of aryl methyl sites for hydroxylation is 1. The van der Waals surface area contributed by atoms with E-state index in [4.69, 9.17) is 0 Å². The SMILES string of the molecule is CCN(CC)CCN(CC(C)C)C1CCc2[nH]c3ccccc3c2C1. The summed E-state index contributed by atoms with van der Waals surface area (Å²) in [6, 6.07) is 9.50. The number of hydrogen-bond acceptors (Lipinski definition) is 2. The van der Waals surface area contributed by atoms with Crippen molar-refractivity contribution >= 4 is 10.9 Å². The van der Waals surface area contributed by atoms with E-state index in [1.54, 1.807) is 5.56 Å². The first-order chi connectivity index (χ1) is 12.1. The number of para-hydroxylation sites is 1. The van der Waals surface area contributed by atoms with E-state index in [2.05, 4.69) is 66.7 Å². The first-order valence-corrected chi connectivity index (χ1v) is 10.2. The van der Waals surface area contributed by atoms with Crippen molar-refractivity contribution in [3.05, 3.63) is 35.5 Å². The number of H-pyrrole nitrogens is 1. The van der Waals surface area contributed by atoms with Gasteiger partial charge in [0.25, 0.3) is 0 Å². The van der Waals surface area contributed by atoms with Crippen LogP contribution < -0.4 is 0 Å². The van der Waals surface area contributed by atoms with Crippen molar-refractivity contribution < 1.29 is 0 Å². The summed E-state index contributed by atoms with van der Waals surface area (Å²) in [5, 5.41) is 1.44. The molecule has 25 heavy (non-hydrogen) atoms. The Morgan fingerprint density at radius 3 is 2.60 bits per heavy atom. The molecule has 0 bridgehead atoms. The molecule has 1 aliphatic carbocycles. The maximum absolute atomic E-state index is 3.66. The average Bonchev–Trinajstić information content (AvgIpc) is 2.99. The van der Waals surface area contributed by atoms with Gasteiger partial charge in [0.1, 0.15) is 0 Å². The Morgan fingerprint density at radius 1 is 1.12 bits per heavy atom. The molecule has 0 saturated heterocycles. The molecule has 3 nitrogen and oxygen atoms in total. The van der Waals surface area contributed by atoms with Crippen LogP contribution in [0.1, 0.15) is 45.4 Å². The van der Waals surface area contributed by atoms with Crippen LogP contribution in [0.4, 0.5) is 0 Å². The third-order valence-corrected chi connectivity index (χ3v) is 5.78. The zero-order chi connectivity index (χ0) is 17.8. The van der Waals surface area contributed by atoms with Gasteiger partial charge in [0.15, 0.2) is 0 Å². The van der Waals surface area contributed by atoms with Crippen molar-refractivity contribution in [1.29, 1.82) is 0 Å². The second-order valence-electron chi connectivity index (χ2n) is 7.94. The molecule has 0 fully saturated rings. The monoisotopic (exact) mass is 341 g/mol. The average molecular weight is 342 g/mol. The predicted octanol–water partition coefficient (Wildman–Crippen LogP) is 4.33. The lowest BCUT2D eigenvalue weighted by molar-refractivity contribution is 0.138. The third kappa shape index (κ3) is 4.27. The van der Waals surface area contributed by atoms with Gasteiger partial charge < -0.3 is 9.88 Å². The van der Waals surface area contributed by atoms with Crippen molar-refractivity contribution in [2.75, 3.05) is 32.7 Å². The van der Waals surface area contributed by atoms with E-state index < -0.39 is 0 Å². The second kappa shape index (κ2) is 8.37. The van der Waals surface area contributed by atoms with E-state index in [0.717, 1.165) is 19.0 Å². The maximum Gasteiger partial charge on any atom is 0.0458 e. The molecule has 0 spiro atoms. The fourth-order valence-electron chi connectivity index (χ4n) is 4.36. The largest absolute Gasteiger partial charge is 0.358 e. The fourth-order valence-corrected chi connectivity index (χ4v) is 4.36. The lowest BCUT2D eigenvalue weighted by Crippen LogP contribution is -2.45. The summed E-state index contributed by atoms with van der Waals surface area (Å²) in [6.07, 6.45) is 3.67. The number of nitrogens with one attached hydrogen (secondary N) is 1. The van der Waals surface area contributed by atoms with Crippen molar-refractivity contribution in [1.82, 2.24) is 14.8 Å². The van der Waals surface area contributed by atoms with Crippen LogP contribution in [0.25, 0.3) is 10.9 Å². The minimum atomic E-state index is 0.685. The second-order valence-corrected chi connectivity index (χ2v) is 7.94. The summed E-state index contributed by atoms with van der Waals surface area (Å²) in [5.41, 5.74) is 4.36. The number of rotatable bonds is 8. The quantitative estimate of drug-likeness (QED) is 0.772. The Bertz CT molecular complexity index is 669. The van der Waals surface area contributed by atoms with Crippen molar-refractivity contribution in [3.63, 3.8) is 0 Å². The molecule has 0 radical (unpaired) electrons. The van der Waals surface area contributed by atoms with Crippen molar-refractivity contribution in [3.8, 4) is 0 Å². The van der Waals surface area contributed by atoms with Crippen LogP contribution in [0.15, 0.2) is 24.3 Å². The van der Waals surface area contributed by atoms with Gasteiger partial charge in [-0.05, 0) is 49.9 Å². The molecule has 2 aromatic rings. The third-order valence-electron chi connectivity index (χ3n) is 5.78. The van der Waals surface area contributed by atoms with Crippen LogP contribution in [-0.2, 0) is 12.8 Å². The Balaban J connectivity index is 1.75. The Labute approximate surface area is 153 Å². The van der Waals surface area contributed by atoms with Gasteiger partial charge in [-0.15, -0.1) is 0 Å². The highest BCUT2D eigenvalue weighted by molar-refractivity contribution is 5.84. The zero-order valence-electron chi connectivity index (χ0n) is 16.5. The summed E-state index contributed by atoms with van der Waals surface area (Å²) in [6.45, 7) is 15.2. The van der Waals surface area contributed by atoms with E-state index in [-0.39, 0.29) is 0 Å². The number of fused-ring (bicyclic) bond motifs is 3. The summed E-state index contributed by atoms with van der Waals surface area (Å²) in [4.78, 5) is 8.98. The molecular formula is C22H35N3. The molecular weight excluding hydrogens is 306 g/mol. The van der Waals surface area contributed by atoms with E-state index >= 15 is 0 Å². The van der Waals surface area contributed by atoms with E-state index in [9.17, 15) is 0 Å². The smallest absolute Gasteiger partial charge is 0.0458 e. The molecule has 3 heteroatoms. The van der Waals surface area contributed by atoms with Crippen LogP contribution in [-0.4, -0.2) is 53.5 Å². The van der Waals surface area contributed by atoms with Crippen LogP contribution in [0.5, 0.6) is 0 Å². The lowest BCUT2D eigenvalue weighted by atomic mass is 9.90. The lowest BCUT2D eigenvalue weighted by Gasteiger charge is -2.36. The highest BCUT2D eigenvalue weighted by atomic mass is 15.2. The summed E-state index contributed by atoms with van der Waals surface area (Å²) in [5.74, 6) is 0.723. The van der Waals surface area contributed by atoms with Crippen LogP contribution >= 0.6 is 0 Å². The zero-order valence-corrected chi connectivity index (χ0v) is 16.5. The molecule has 138 valence electrons. The molecule has 1 atom stereocenters. The summed E-state index contributed by atoms with van der Waals surface area (Å²) < 4.78 is 0. The normalized spacial score (nSPS) is 17.8. The highest BCUT2D eigenvalue weighted by Crippen LogP contribution is 2.31. The molecule has 1 unspecified atom stereocenters. The van der Waals surface area contributed by atoms with Gasteiger partial charge in [-0.1, -0.05) is 45.9 Å². The molecule has 1 aliphatic rings. The first kappa shape index (κ1) is 18.5. The van der Waals surface area contributed by atoms with Gasteiger partial charge in [0, 0.05) is 42.3 Å². The van der Waals surface area contributed by atoms with Crippen LogP contribution in [0, 0.1) is 5.92 Å². The number of likely N-dealkylation sites (N-methyl/N-ethyl adjacent to an activating group) is 1. The molecule has 0 aliphatic heterocycles. The van der Waals surface area contributed by atoms with Gasteiger partial charge in [-0.2, -0.15) is 0 Å². The maximum atomic E-state index is 3.66. The van der Waals surface area contributed by atoms with Crippen molar-refractivity contribution in [2.24, 2.45) is 5.92 Å². The van der Waals surface area contributed by atoms with Crippen LogP contribution in [0.3, 0.4) is 0 Å². The van der Waals surface area contributed by atoms with Crippen molar-refractivity contribution in [2.45, 2.75) is 53.0 Å². The fraction of sp³-hybridized carbons (Fsp3) is 0.636. The number of hydrogen-bond donors (Lipinski definition) is 1. The molecule has 0 amide bonds. The van der Waals surface area contributed by atoms with E-state index in [0.29, 0.717) is 6.04 Å². The summed E-state index contributed by atoms with van der Waals surface area (Å²) >= 11 is 0.